The minimum absolute atomic E-state index is 0.114. The number of ether oxygens (including phenoxy) is 1. The van der Waals surface area contributed by atoms with Crippen LogP contribution in [0.25, 0.3) is 0 Å². The number of esters is 1. The zero-order valence-corrected chi connectivity index (χ0v) is 15.0. The van der Waals surface area contributed by atoms with E-state index in [9.17, 15) is 4.79 Å². The van der Waals surface area contributed by atoms with Crippen LogP contribution in [0, 0.1) is 12.0 Å². The molecule has 0 N–H and O–H groups in total. The zero-order valence-electron chi connectivity index (χ0n) is 14.0. The Bertz CT molecular complexity index is 586. The van der Waals surface area contributed by atoms with Crippen molar-refractivity contribution in [2.75, 3.05) is 0 Å². The summed E-state index contributed by atoms with van der Waals surface area (Å²) in [7, 11) is -1.88. The van der Waals surface area contributed by atoms with Gasteiger partial charge in [0.1, 0.15) is 6.11 Å². The van der Waals surface area contributed by atoms with E-state index < -0.39 is 14.3 Å². The van der Waals surface area contributed by atoms with Crippen LogP contribution in [0.15, 0.2) is 42.7 Å². The predicted octanol–water partition coefficient (Wildman–Crippen LogP) is 4.73. The summed E-state index contributed by atoms with van der Waals surface area (Å²) in [6.45, 7) is 14.7. The van der Waals surface area contributed by atoms with Gasteiger partial charge in [-0.1, -0.05) is 51.5 Å². The van der Waals surface area contributed by atoms with Gasteiger partial charge in [-0.25, -0.2) is 4.79 Å². The third-order valence-electron chi connectivity index (χ3n) is 3.72. The quantitative estimate of drug-likeness (QED) is 0.349. The fourth-order valence-electron chi connectivity index (χ4n) is 1.40. The molecule has 0 fully saturated rings. The second-order valence-corrected chi connectivity index (χ2v) is 11.3. The molecule has 0 aliphatic heterocycles. The fourth-order valence-corrected chi connectivity index (χ4v) is 2.50. The van der Waals surface area contributed by atoms with Gasteiger partial charge in [0.05, 0.1) is 17.7 Å². The van der Waals surface area contributed by atoms with E-state index >= 15 is 0 Å². The van der Waals surface area contributed by atoms with Crippen molar-refractivity contribution in [2.24, 2.45) is 0 Å². The molecule has 118 valence electrons. The van der Waals surface area contributed by atoms with Crippen LogP contribution >= 0.6 is 0 Å². The molecule has 0 atom stereocenters. The fraction of sp³-hybridized carbons (Fsp3) is 0.389. The molecule has 1 aromatic carbocycles. The average molecular weight is 316 g/mol. The Morgan fingerprint density at radius 3 is 2.36 bits per heavy atom. The van der Waals surface area contributed by atoms with Crippen molar-refractivity contribution in [3.05, 3.63) is 48.2 Å². The van der Waals surface area contributed by atoms with Gasteiger partial charge < -0.3 is 9.16 Å². The van der Waals surface area contributed by atoms with Gasteiger partial charge in [-0.2, -0.15) is 0 Å². The SMILES string of the molecule is C=C(CC#COC(=O)c1ccccc1)O[Si](C)(C)C(C)(C)C. The van der Waals surface area contributed by atoms with E-state index in [1.807, 2.05) is 6.07 Å². The van der Waals surface area contributed by atoms with E-state index in [0.717, 1.165) is 0 Å². The lowest BCUT2D eigenvalue weighted by molar-refractivity contribution is 0.0690. The molecule has 0 amide bonds. The van der Waals surface area contributed by atoms with Crippen molar-refractivity contribution >= 4 is 14.3 Å². The Balaban J connectivity index is 2.48. The highest BCUT2D eigenvalue weighted by Gasteiger charge is 2.38. The monoisotopic (exact) mass is 316 g/mol. The van der Waals surface area contributed by atoms with Crippen LogP contribution < -0.4 is 0 Å². The molecular formula is C18H24O3Si. The molecule has 0 saturated carbocycles. The third kappa shape index (κ3) is 5.42. The molecular weight excluding hydrogens is 292 g/mol. The topological polar surface area (TPSA) is 35.5 Å². The summed E-state index contributed by atoms with van der Waals surface area (Å²) in [4.78, 5) is 11.7. The van der Waals surface area contributed by atoms with Gasteiger partial charge in [-0.15, -0.1) is 0 Å². The maximum absolute atomic E-state index is 11.7. The highest BCUT2D eigenvalue weighted by atomic mass is 28.4. The smallest absolute Gasteiger partial charge is 0.352 e. The molecule has 0 saturated heterocycles. The molecule has 0 unspecified atom stereocenters. The molecule has 1 aromatic rings. The number of hydrogen-bond acceptors (Lipinski definition) is 3. The van der Waals surface area contributed by atoms with E-state index in [0.29, 0.717) is 17.7 Å². The van der Waals surface area contributed by atoms with Gasteiger partial charge in [0.2, 0.25) is 8.32 Å². The summed E-state index contributed by atoms with van der Waals surface area (Å²) in [5.41, 5.74) is 0.480. The van der Waals surface area contributed by atoms with Crippen LogP contribution in [0.2, 0.25) is 18.1 Å². The van der Waals surface area contributed by atoms with Crippen molar-refractivity contribution in [2.45, 2.75) is 45.3 Å². The highest BCUT2D eigenvalue weighted by molar-refractivity contribution is 6.74. The van der Waals surface area contributed by atoms with Crippen molar-refractivity contribution in [1.82, 2.24) is 0 Å². The van der Waals surface area contributed by atoms with Crippen LogP contribution in [-0.4, -0.2) is 14.3 Å². The Morgan fingerprint density at radius 1 is 1.23 bits per heavy atom. The number of carbonyl (C=O) groups is 1. The van der Waals surface area contributed by atoms with Crippen molar-refractivity contribution in [1.29, 1.82) is 0 Å². The predicted molar refractivity (Wildman–Crippen MR) is 91.7 cm³/mol. The summed E-state index contributed by atoms with van der Waals surface area (Å²) < 4.78 is 10.9. The normalized spacial score (nSPS) is 11.1. The average Bonchev–Trinajstić information content (AvgIpc) is 2.42. The van der Waals surface area contributed by atoms with Crippen LogP contribution in [0.3, 0.4) is 0 Å². The number of hydrogen-bond donors (Lipinski definition) is 0. The van der Waals surface area contributed by atoms with Crippen molar-refractivity contribution < 1.29 is 14.0 Å². The Hall–Kier alpha value is -1.99. The van der Waals surface area contributed by atoms with E-state index in [1.54, 1.807) is 24.3 Å². The van der Waals surface area contributed by atoms with Crippen LogP contribution in [0.5, 0.6) is 0 Å². The first-order valence-corrected chi connectivity index (χ1v) is 10.2. The lowest BCUT2D eigenvalue weighted by Crippen LogP contribution is -2.40. The lowest BCUT2D eigenvalue weighted by Gasteiger charge is -2.36. The molecule has 0 aromatic heterocycles. The molecule has 22 heavy (non-hydrogen) atoms. The Morgan fingerprint density at radius 2 is 1.82 bits per heavy atom. The zero-order chi connectivity index (χ0) is 16.8. The molecule has 0 aliphatic rings. The summed E-state index contributed by atoms with van der Waals surface area (Å²) in [6.07, 6.45) is 2.77. The molecule has 1 rings (SSSR count). The Labute approximate surface area is 134 Å². The molecule has 0 bridgehead atoms. The highest BCUT2D eigenvalue weighted by Crippen LogP contribution is 2.37. The van der Waals surface area contributed by atoms with Crippen molar-refractivity contribution in [3.63, 3.8) is 0 Å². The van der Waals surface area contributed by atoms with Gasteiger partial charge in [-0.3, -0.25) is 0 Å². The summed E-state index contributed by atoms with van der Waals surface area (Å²) in [5, 5.41) is 0.114. The largest absolute Gasteiger partial charge is 0.546 e. The van der Waals surface area contributed by atoms with Gasteiger partial charge in [0, 0.05) is 0 Å². The van der Waals surface area contributed by atoms with Crippen LogP contribution in [0.1, 0.15) is 37.6 Å². The standard InChI is InChI=1S/C18H24O3Si/c1-15(21-22(5,6)18(2,3)4)11-10-14-20-17(19)16-12-8-7-9-13-16/h7-9,12-13H,1,11H2,2-6H3. The van der Waals surface area contributed by atoms with Crippen LogP contribution in [-0.2, 0) is 9.16 Å². The summed E-state index contributed by atoms with van der Waals surface area (Å²) >= 11 is 0. The number of rotatable bonds is 4. The molecule has 3 nitrogen and oxygen atoms in total. The van der Waals surface area contributed by atoms with Gasteiger partial charge in [-0.05, 0) is 30.3 Å². The molecule has 0 spiro atoms. The molecule has 0 radical (unpaired) electrons. The first kappa shape index (κ1) is 18.1. The molecule has 0 aliphatic carbocycles. The number of allylic oxidation sites excluding steroid dienone is 1. The summed E-state index contributed by atoms with van der Waals surface area (Å²) in [6, 6.07) is 8.76. The maximum Gasteiger partial charge on any atom is 0.352 e. The number of benzene rings is 1. The van der Waals surface area contributed by atoms with Gasteiger partial charge in [0.15, 0.2) is 0 Å². The van der Waals surface area contributed by atoms with E-state index in [4.69, 9.17) is 9.16 Å². The lowest BCUT2D eigenvalue weighted by atomic mass is 10.2. The number of carbonyl (C=O) groups excluding carboxylic acids is 1. The minimum Gasteiger partial charge on any atom is -0.546 e. The minimum atomic E-state index is -1.88. The second-order valence-electron chi connectivity index (χ2n) is 6.61. The first-order valence-electron chi connectivity index (χ1n) is 7.24. The first-order chi connectivity index (χ1) is 10.1. The van der Waals surface area contributed by atoms with E-state index in [-0.39, 0.29) is 5.04 Å². The molecule has 0 heterocycles. The van der Waals surface area contributed by atoms with Crippen molar-refractivity contribution in [3.8, 4) is 12.0 Å². The molecule has 4 heteroatoms. The van der Waals surface area contributed by atoms with Crippen LogP contribution in [0.4, 0.5) is 0 Å². The second kappa shape index (κ2) is 7.32. The summed E-state index contributed by atoms with van der Waals surface area (Å²) in [5.74, 6) is 2.93. The van der Waals surface area contributed by atoms with E-state index in [2.05, 4.69) is 52.5 Å². The van der Waals surface area contributed by atoms with Gasteiger partial charge >= 0.3 is 5.97 Å². The maximum atomic E-state index is 11.7. The third-order valence-corrected chi connectivity index (χ3v) is 8.13. The van der Waals surface area contributed by atoms with E-state index in [1.165, 1.54) is 0 Å². The van der Waals surface area contributed by atoms with Gasteiger partial charge in [0.25, 0.3) is 0 Å². The Kier molecular flexibility index (Phi) is 6.01.